The molecule has 19 heteroatoms. The highest BCUT2D eigenvalue weighted by atomic mass is 16.8. The topological polar surface area (TPSA) is 312 Å². The van der Waals surface area contributed by atoms with Gasteiger partial charge in [0.15, 0.2) is 25.0 Å². The van der Waals surface area contributed by atoms with E-state index < -0.39 is 140 Å². The number of ether oxygens (including phenoxy) is 6. The zero-order valence-electron chi connectivity index (χ0n) is 39.0. The first-order valence-electron chi connectivity index (χ1n) is 23.8. The van der Waals surface area contributed by atoms with E-state index in [4.69, 9.17) is 28.4 Å². The molecule has 0 aromatic carbocycles. The van der Waals surface area contributed by atoms with Crippen LogP contribution in [0.1, 0.15) is 106 Å². The van der Waals surface area contributed by atoms with Crippen molar-refractivity contribution in [3.8, 4) is 0 Å². The molecule has 0 aromatic rings. The van der Waals surface area contributed by atoms with E-state index in [1.165, 1.54) is 5.57 Å². The van der Waals surface area contributed by atoms with E-state index >= 15 is 0 Å². The summed E-state index contributed by atoms with van der Waals surface area (Å²) < 4.78 is 35.3. The van der Waals surface area contributed by atoms with Gasteiger partial charge >= 0.3 is 11.9 Å². The summed E-state index contributed by atoms with van der Waals surface area (Å²) in [6.45, 7) is 14.2. The van der Waals surface area contributed by atoms with Gasteiger partial charge in [-0.3, -0.25) is 4.79 Å². The Morgan fingerprint density at radius 3 is 2.02 bits per heavy atom. The molecule has 3 saturated heterocycles. The largest absolute Gasteiger partial charge is 0.481 e. The molecule has 376 valence electrons. The maximum absolute atomic E-state index is 13.2. The Labute approximate surface area is 385 Å². The highest BCUT2D eigenvalue weighted by Crippen LogP contribution is 2.76. The second-order valence-electron chi connectivity index (χ2n) is 23.2. The molecule has 5 aliphatic carbocycles. The number of hydrogen-bond donors (Lipinski definition) is 11. The lowest BCUT2D eigenvalue weighted by Crippen LogP contribution is -2.68. The van der Waals surface area contributed by atoms with E-state index in [1.807, 2.05) is 0 Å². The van der Waals surface area contributed by atoms with E-state index in [2.05, 4.69) is 54.5 Å². The molecule has 3 heterocycles. The molecule has 3 aliphatic heterocycles. The highest BCUT2D eigenvalue weighted by molar-refractivity contribution is 5.77. The Kier molecular flexibility index (Phi) is 13.3. The molecule has 0 unspecified atom stereocenters. The Balaban J connectivity index is 1.02. The molecule has 23 atom stereocenters. The Morgan fingerprint density at radius 2 is 1.36 bits per heavy atom. The average molecular weight is 943 g/mol. The summed E-state index contributed by atoms with van der Waals surface area (Å²) in [5.41, 5.74) is -1.64. The molecule has 19 nitrogen and oxygen atoms in total. The van der Waals surface area contributed by atoms with Gasteiger partial charge in [0.25, 0.3) is 0 Å². The summed E-state index contributed by atoms with van der Waals surface area (Å²) in [6, 6.07) is 0. The number of carbonyl (C=O) groups is 2. The van der Waals surface area contributed by atoms with Crippen molar-refractivity contribution in [1.82, 2.24) is 0 Å². The molecule has 4 saturated carbocycles. The zero-order valence-corrected chi connectivity index (χ0v) is 39.0. The number of carboxylic acids is 2. The van der Waals surface area contributed by atoms with E-state index in [0.29, 0.717) is 32.1 Å². The monoisotopic (exact) mass is 942 g/mol. The van der Waals surface area contributed by atoms with Crippen LogP contribution in [0, 0.1) is 50.2 Å². The minimum atomic E-state index is -2.03. The van der Waals surface area contributed by atoms with Crippen molar-refractivity contribution in [3.63, 3.8) is 0 Å². The van der Waals surface area contributed by atoms with Gasteiger partial charge in [-0.2, -0.15) is 0 Å². The van der Waals surface area contributed by atoms with Crippen LogP contribution in [0.3, 0.4) is 0 Å². The second kappa shape index (κ2) is 17.4. The maximum Gasteiger partial charge on any atom is 0.335 e. The number of allylic oxidation sites excluding steroid dienone is 2. The van der Waals surface area contributed by atoms with Crippen LogP contribution in [-0.4, -0.2) is 180 Å². The first-order chi connectivity index (χ1) is 30.7. The number of carboxylic acid groups (broad SMARTS) is 2. The van der Waals surface area contributed by atoms with E-state index in [1.54, 1.807) is 0 Å². The quantitative estimate of drug-likeness (QED) is 0.110. The van der Waals surface area contributed by atoms with Crippen LogP contribution in [0.15, 0.2) is 11.6 Å². The van der Waals surface area contributed by atoms with Gasteiger partial charge in [0.2, 0.25) is 0 Å². The third kappa shape index (κ3) is 7.64. The lowest BCUT2D eigenvalue weighted by molar-refractivity contribution is -0.381. The third-order valence-electron chi connectivity index (χ3n) is 19.0. The summed E-state index contributed by atoms with van der Waals surface area (Å²) in [5, 5.41) is 119. The number of aliphatic hydroxyl groups excluding tert-OH is 9. The average Bonchev–Trinajstić information content (AvgIpc) is 3.23. The van der Waals surface area contributed by atoms with Crippen LogP contribution in [0.2, 0.25) is 0 Å². The van der Waals surface area contributed by atoms with Crippen molar-refractivity contribution >= 4 is 11.9 Å². The predicted octanol–water partition coefficient (Wildman–Crippen LogP) is 0.408. The van der Waals surface area contributed by atoms with Gasteiger partial charge in [0, 0.05) is 0 Å². The molecule has 0 spiro atoms. The number of rotatable bonds is 9. The molecule has 0 amide bonds. The van der Waals surface area contributed by atoms with Crippen molar-refractivity contribution < 1.29 is 94.2 Å². The standard InChI is InChI=1S/C47H74O19/c1-42(2)14-15-47(41(59)60)21(16-42)20-8-9-25-44(5)12-11-27(43(3,4)24(44)10-13-45(25,6)46(20,7)17-26(47)50)63-39-33(56)34(32(55)35(65-39)37(57)58)64-40-36(28(51)22(49)19-61-40)66-38-31(54)30(53)29(52)23(18-48)62-38/h8,21-36,38-40,48-56H,9-19H2,1-7H3,(H,57,58)(H,59,60)/t21-,22-,23+,24-,25+,26+,27-,28-,29+,30-,31+,32-,33+,34-,35-,36+,38-,39+,40-,44-,45+,46+,47+/m0/s1. The predicted molar refractivity (Wildman–Crippen MR) is 227 cm³/mol. The Morgan fingerprint density at radius 1 is 0.697 bits per heavy atom. The summed E-state index contributed by atoms with van der Waals surface area (Å²) in [6.07, 6.45) is -18.4. The second-order valence-corrected chi connectivity index (χ2v) is 23.2. The summed E-state index contributed by atoms with van der Waals surface area (Å²) in [4.78, 5) is 25.8. The Hall–Kier alpha value is -1.92. The lowest BCUT2D eigenvalue weighted by atomic mass is 9.33. The summed E-state index contributed by atoms with van der Waals surface area (Å²) in [7, 11) is 0. The van der Waals surface area contributed by atoms with Crippen LogP contribution < -0.4 is 0 Å². The van der Waals surface area contributed by atoms with Crippen molar-refractivity contribution in [3.05, 3.63) is 11.6 Å². The van der Waals surface area contributed by atoms with Crippen LogP contribution in [0.25, 0.3) is 0 Å². The molecule has 8 rings (SSSR count). The first kappa shape index (κ1) is 50.5. The van der Waals surface area contributed by atoms with Crippen molar-refractivity contribution in [2.75, 3.05) is 13.2 Å². The van der Waals surface area contributed by atoms with Crippen LogP contribution in [0.5, 0.6) is 0 Å². The third-order valence-corrected chi connectivity index (χ3v) is 19.0. The zero-order chi connectivity index (χ0) is 48.4. The van der Waals surface area contributed by atoms with Crippen molar-refractivity contribution in [2.24, 2.45) is 50.2 Å². The normalized spacial score (nSPS) is 53.3. The van der Waals surface area contributed by atoms with Crippen LogP contribution in [0.4, 0.5) is 0 Å². The molecular weight excluding hydrogens is 868 g/mol. The SMILES string of the molecule is CC1(C)CC[C@]2(C(=O)O)[C@H](O)C[C@]3(C)C(=CC[C@@H]4[C@@]5(C)CC[C@H](O[C@@H]6O[C@H](C(=O)O)[C@@H](O)[C@H](O[C@@H]7OC[C@H](O)[C@H](O)[C@H]7O[C@@H]7O[C@H](CO)[C@@H](O)[C@H](O)[C@H]7O)[C@H]6O)C(C)(C)[C@@H]5CC[C@]43C)[C@@H]2C1. The molecule has 66 heavy (non-hydrogen) atoms. The summed E-state index contributed by atoms with van der Waals surface area (Å²) >= 11 is 0. The summed E-state index contributed by atoms with van der Waals surface area (Å²) in [5.74, 6) is -2.54. The van der Waals surface area contributed by atoms with Gasteiger partial charge in [-0.1, -0.05) is 60.1 Å². The number of aliphatic hydroxyl groups is 9. The minimum absolute atomic E-state index is 0.0677. The fourth-order valence-corrected chi connectivity index (χ4v) is 14.9. The maximum atomic E-state index is 13.2. The van der Waals surface area contributed by atoms with E-state index in [0.717, 1.165) is 25.7 Å². The minimum Gasteiger partial charge on any atom is -0.481 e. The van der Waals surface area contributed by atoms with Gasteiger partial charge in [0.05, 0.1) is 25.4 Å². The fraction of sp³-hybridized carbons (Fsp3) is 0.915. The Bertz CT molecular complexity index is 1860. The van der Waals surface area contributed by atoms with E-state index in [-0.39, 0.29) is 34.0 Å². The smallest absolute Gasteiger partial charge is 0.335 e. The molecule has 0 radical (unpaired) electrons. The molecule has 7 fully saturated rings. The van der Waals surface area contributed by atoms with Gasteiger partial charge in [-0.05, 0) is 103 Å². The molecule has 0 aromatic heterocycles. The van der Waals surface area contributed by atoms with Gasteiger partial charge in [-0.25, -0.2) is 4.79 Å². The van der Waals surface area contributed by atoms with Gasteiger partial charge in [-0.15, -0.1) is 0 Å². The van der Waals surface area contributed by atoms with Crippen LogP contribution in [-0.2, 0) is 38.0 Å². The lowest BCUT2D eigenvalue weighted by Gasteiger charge is -2.71. The number of hydrogen-bond acceptors (Lipinski definition) is 17. The van der Waals surface area contributed by atoms with Crippen LogP contribution >= 0.6 is 0 Å². The number of fused-ring (bicyclic) bond motifs is 7. The van der Waals surface area contributed by atoms with E-state index in [9.17, 15) is 65.8 Å². The highest BCUT2D eigenvalue weighted by Gasteiger charge is 2.71. The van der Waals surface area contributed by atoms with Gasteiger partial charge < -0.3 is 84.6 Å². The fourth-order valence-electron chi connectivity index (χ4n) is 14.9. The molecule has 8 aliphatic rings. The number of aliphatic carboxylic acids is 2. The first-order valence-corrected chi connectivity index (χ1v) is 23.8. The van der Waals surface area contributed by atoms with Crippen molar-refractivity contribution in [2.45, 2.75) is 204 Å². The molecule has 0 bridgehead atoms. The molecular formula is C47H74O19. The molecule has 11 N–H and O–H groups in total. The van der Waals surface area contributed by atoms with Gasteiger partial charge in [0.1, 0.15) is 66.5 Å². The van der Waals surface area contributed by atoms with Crippen molar-refractivity contribution in [1.29, 1.82) is 0 Å².